The van der Waals surface area contributed by atoms with Crippen molar-refractivity contribution in [1.82, 2.24) is 14.5 Å². The van der Waals surface area contributed by atoms with Crippen LogP contribution in [0.25, 0.3) is 22.2 Å². The molecule has 0 aliphatic heterocycles. The molecule has 0 aliphatic rings. The molecule has 0 aliphatic carbocycles. The van der Waals surface area contributed by atoms with Crippen molar-refractivity contribution in [2.45, 2.75) is 19.9 Å². The van der Waals surface area contributed by atoms with E-state index >= 15 is 0 Å². The number of fused-ring (bicyclic) bond motifs is 2. The van der Waals surface area contributed by atoms with Gasteiger partial charge < -0.3 is 15.6 Å². The molecule has 32 heavy (non-hydrogen) atoms. The van der Waals surface area contributed by atoms with E-state index in [0.29, 0.717) is 34.8 Å². The Morgan fingerprint density at radius 2 is 1.56 bits per heavy atom. The first-order chi connectivity index (χ1) is 15.6. The van der Waals surface area contributed by atoms with Gasteiger partial charge in [0.15, 0.2) is 5.65 Å². The maximum Gasteiger partial charge on any atom is 0.261 e. The van der Waals surface area contributed by atoms with E-state index in [1.54, 1.807) is 0 Å². The number of nitrogens with two attached hydrogens (primary N) is 1. The van der Waals surface area contributed by atoms with Gasteiger partial charge in [0.2, 0.25) is 0 Å². The van der Waals surface area contributed by atoms with Crippen molar-refractivity contribution in [1.29, 1.82) is 0 Å². The summed E-state index contributed by atoms with van der Waals surface area (Å²) >= 11 is 0. The predicted molar refractivity (Wildman–Crippen MR) is 129 cm³/mol. The molecule has 2 aromatic heterocycles. The third-order valence-electron chi connectivity index (χ3n) is 5.59. The Hall–Kier alpha value is -4.19. The van der Waals surface area contributed by atoms with Crippen LogP contribution in [-0.2, 0) is 13.0 Å². The lowest BCUT2D eigenvalue weighted by Crippen LogP contribution is -2.15. The molecule has 0 radical (unpaired) electrons. The molecule has 0 unspecified atom stereocenters. The Labute approximate surface area is 185 Å². The number of rotatable bonds is 5. The second-order valence-corrected chi connectivity index (χ2v) is 7.85. The molecule has 0 bridgehead atoms. The van der Waals surface area contributed by atoms with Crippen LogP contribution >= 0.6 is 0 Å². The molecule has 0 spiro atoms. The van der Waals surface area contributed by atoms with Crippen molar-refractivity contribution >= 4 is 39.6 Å². The topological polar surface area (TPSA) is 85.8 Å². The SMILES string of the molecule is Cc1ccc(NC(=O)c2c(N)n(CCc3ccccc3)c3nc4ccccc4nc23)cc1. The fourth-order valence-corrected chi connectivity index (χ4v) is 3.88. The van der Waals surface area contributed by atoms with E-state index in [4.69, 9.17) is 15.7 Å². The second kappa shape index (κ2) is 8.15. The molecule has 1 amide bonds. The van der Waals surface area contributed by atoms with Gasteiger partial charge in [-0.25, -0.2) is 9.97 Å². The average Bonchev–Trinajstić information content (AvgIpc) is 3.08. The van der Waals surface area contributed by atoms with Crippen molar-refractivity contribution in [2.24, 2.45) is 0 Å². The van der Waals surface area contributed by atoms with Gasteiger partial charge in [-0.05, 0) is 43.2 Å². The number of carbonyl (C=O) groups excluding carboxylic acids is 1. The van der Waals surface area contributed by atoms with Gasteiger partial charge >= 0.3 is 0 Å². The van der Waals surface area contributed by atoms with Gasteiger partial charge in [-0.2, -0.15) is 0 Å². The summed E-state index contributed by atoms with van der Waals surface area (Å²) < 4.78 is 1.89. The van der Waals surface area contributed by atoms with E-state index in [-0.39, 0.29) is 5.91 Å². The summed E-state index contributed by atoms with van der Waals surface area (Å²) in [6, 6.07) is 25.5. The molecular formula is C26H23N5O. The number of benzene rings is 3. The molecule has 0 atom stereocenters. The van der Waals surface area contributed by atoms with Gasteiger partial charge in [0, 0.05) is 12.2 Å². The molecule has 3 aromatic carbocycles. The Kier molecular flexibility index (Phi) is 5.03. The molecule has 158 valence electrons. The molecular weight excluding hydrogens is 398 g/mol. The van der Waals surface area contributed by atoms with E-state index < -0.39 is 0 Å². The number of nitrogens with one attached hydrogen (secondary N) is 1. The van der Waals surface area contributed by atoms with Gasteiger partial charge in [-0.15, -0.1) is 0 Å². The molecule has 6 nitrogen and oxygen atoms in total. The standard InChI is InChI=1S/C26H23N5O/c1-17-11-13-19(14-12-17)28-26(32)22-23-25(30-21-10-6-5-9-20(21)29-23)31(24(22)27)16-15-18-7-3-2-4-8-18/h2-14H,15-16,27H2,1H3,(H,28,32). The highest BCUT2D eigenvalue weighted by Gasteiger charge is 2.24. The van der Waals surface area contributed by atoms with Gasteiger partial charge in [0.1, 0.15) is 16.9 Å². The number of hydrogen-bond donors (Lipinski definition) is 2. The number of amides is 1. The number of hydrogen-bond acceptors (Lipinski definition) is 4. The minimum atomic E-state index is -0.292. The summed E-state index contributed by atoms with van der Waals surface area (Å²) in [5.41, 5.74) is 12.5. The van der Waals surface area contributed by atoms with Crippen LogP contribution in [0.4, 0.5) is 11.5 Å². The first kappa shape index (κ1) is 19.8. The molecule has 3 N–H and O–H groups in total. The van der Waals surface area contributed by atoms with E-state index in [1.165, 1.54) is 5.56 Å². The Bertz CT molecular complexity index is 1420. The molecule has 0 saturated carbocycles. The predicted octanol–water partition coefficient (Wildman–Crippen LogP) is 4.97. The molecule has 0 saturated heterocycles. The largest absolute Gasteiger partial charge is 0.384 e. The lowest BCUT2D eigenvalue weighted by molar-refractivity contribution is 0.102. The molecule has 2 heterocycles. The van der Waals surface area contributed by atoms with Crippen LogP contribution in [-0.4, -0.2) is 20.4 Å². The first-order valence-corrected chi connectivity index (χ1v) is 10.6. The summed E-state index contributed by atoms with van der Waals surface area (Å²) in [7, 11) is 0. The second-order valence-electron chi connectivity index (χ2n) is 7.85. The minimum Gasteiger partial charge on any atom is -0.384 e. The van der Waals surface area contributed by atoms with Crippen LogP contribution in [0.2, 0.25) is 0 Å². The summed E-state index contributed by atoms with van der Waals surface area (Å²) in [6.07, 6.45) is 0.766. The summed E-state index contributed by atoms with van der Waals surface area (Å²) in [6.45, 7) is 2.60. The summed E-state index contributed by atoms with van der Waals surface area (Å²) in [5, 5.41) is 2.95. The summed E-state index contributed by atoms with van der Waals surface area (Å²) in [4.78, 5) is 22.9. The number of aromatic nitrogens is 3. The maximum absolute atomic E-state index is 13.3. The monoisotopic (exact) mass is 421 g/mol. The van der Waals surface area contributed by atoms with E-state index in [2.05, 4.69) is 17.4 Å². The zero-order valence-corrected chi connectivity index (χ0v) is 17.7. The van der Waals surface area contributed by atoms with Gasteiger partial charge in [0.25, 0.3) is 5.91 Å². The molecule has 6 heteroatoms. The zero-order chi connectivity index (χ0) is 22.1. The van der Waals surface area contributed by atoms with Crippen LogP contribution in [0, 0.1) is 6.92 Å². The van der Waals surface area contributed by atoms with Crippen LogP contribution in [0.3, 0.4) is 0 Å². The van der Waals surface area contributed by atoms with E-state index in [9.17, 15) is 4.79 Å². The fraction of sp³-hybridized carbons (Fsp3) is 0.115. The third-order valence-corrected chi connectivity index (χ3v) is 5.59. The highest BCUT2D eigenvalue weighted by Crippen LogP contribution is 2.29. The fourth-order valence-electron chi connectivity index (χ4n) is 3.88. The van der Waals surface area contributed by atoms with Gasteiger partial charge in [-0.1, -0.05) is 60.2 Å². The molecule has 5 aromatic rings. The zero-order valence-electron chi connectivity index (χ0n) is 17.7. The lowest BCUT2D eigenvalue weighted by atomic mass is 10.1. The minimum absolute atomic E-state index is 0.292. The number of anilines is 2. The van der Waals surface area contributed by atoms with Crippen molar-refractivity contribution < 1.29 is 4.79 Å². The molecule has 0 fully saturated rings. The smallest absolute Gasteiger partial charge is 0.261 e. The normalized spacial score (nSPS) is 11.2. The Balaban J connectivity index is 1.60. The van der Waals surface area contributed by atoms with Crippen LogP contribution in [0.15, 0.2) is 78.9 Å². The lowest BCUT2D eigenvalue weighted by Gasteiger charge is -2.08. The van der Waals surface area contributed by atoms with Crippen molar-refractivity contribution in [2.75, 3.05) is 11.1 Å². The highest BCUT2D eigenvalue weighted by atomic mass is 16.1. The Morgan fingerprint density at radius 1 is 0.906 bits per heavy atom. The number of nitrogens with zero attached hydrogens (tertiary/aromatic N) is 3. The summed E-state index contributed by atoms with van der Waals surface area (Å²) in [5.74, 6) is 0.0789. The van der Waals surface area contributed by atoms with Gasteiger partial charge in [0.05, 0.1) is 11.0 Å². The maximum atomic E-state index is 13.3. The number of carbonyl (C=O) groups is 1. The average molecular weight is 422 g/mol. The van der Waals surface area contributed by atoms with Crippen LogP contribution < -0.4 is 11.1 Å². The van der Waals surface area contributed by atoms with E-state index in [0.717, 1.165) is 23.0 Å². The van der Waals surface area contributed by atoms with Gasteiger partial charge in [-0.3, -0.25) is 4.79 Å². The highest BCUT2D eigenvalue weighted by molar-refractivity contribution is 6.16. The third kappa shape index (κ3) is 3.67. The van der Waals surface area contributed by atoms with E-state index in [1.807, 2.05) is 78.2 Å². The first-order valence-electron chi connectivity index (χ1n) is 10.6. The quantitative estimate of drug-likeness (QED) is 0.419. The molecule has 5 rings (SSSR count). The Morgan fingerprint density at radius 3 is 2.28 bits per heavy atom. The van der Waals surface area contributed by atoms with Crippen molar-refractivity contribution in [3.63, 3.8) is 0 Å². The van der Waals surface area contributed by atoms with Crippen molar-refractivity contribution in [3.8, 4) is 0 Å². The number of para-hydroxylation sites is 2. The number of nitrogen functional groups attached to an aromatic ring is 1. The van der Waals surface area contributed by atoms with Crippen LogP contribution in [0.5, 0.6) is 0 Å². The number of aryl methyl sites for hydroxylation is 3. The van der Waals surface area contributed by atoms with Crippen molar-refractivity contribution in [3.05, 3.63) is 95.6 Å². The van der Waals surface area contributed by atoms with Crippen LogP contribution in [0.1, 0.15) is 21.5 Å².